The topological polar surface area (TPSA) is 110 Å². The Morgan fingerprint density at radius 2 is 2.14 bits per heavy atom. The van der Waals surface area contributed by atoms with Crippen molar-refractivity contribution in [2.75, 3.05) is 11.0 Å². The molecule has 9 heteroatoms. The van der Waals surface area contributed by atoms with Crippen molar-refractivity contribution in [3.05, 3.63) is 47.0 Å². The fraction of sp³-hybridized carbons (Fsp3) is 0.0833. The Labute approximate surface area is 119 Å². The smallest absolute Gasteiger partial charge is 0.260 e. The highest BCUT2D eigenvalue weighted by atomic mass is 32.2. The number of benzene rings is 1. The number of aromatic amines is 1. The van der Waals surface area contributed by atoms with E-state index in [1.807, 2.05) is 0 Å². The molecule has 21 heavy (non-hydrogen) atoms. The number of anilines is 1. The predicted octanol–water partition coefficient (Wildman–Crippen LogP) is 0.480. The van der Waals surface area contributed by atoms with Gasteiger partial charge in [-0.15, -0.1) is 0 Å². The summed E-state index contributed by atoms with van der Waals surface area (Å²) in [6, 6.07) is 6.27. The minimum Gasteiger partial charge on any atom is -0.290 e. The zero-order chi connectivity index (χ0) is 15.0. The van der Waals surface area contributed by atoms with E-state index >= 15 is 0 Å². The molecule has 0 spiro atoms. The molecule has 2 heterocycles. The number of hydrogen-bond acceptors (Lipinski definition) is 5. The van der Waals surface area contributed by atoms with Gasteiger partial charge in [0, 0.05) is 18.1 Å². The molecule has 0 bridgehead atoms. The molecular weight excluding hydrogens is 294 g/mol. The van der Waals surface area contributed by atoms with Crippen LogP contribution in [0.1, 0.15) is 0 Å². The lowest BCUT2D eigenvalue weighted by molar-refractivity contribution is 0.607. The largest absolute Gasteiger partial charge is 0.290 e. The van der Waals surface area contributed by atoms with Crippen LogP contribution in [0.15, 0.2) is 41.5 Å². The monoisotopic (exact) mass is 305 g/mol. The number of aromatic nitrogens is 4. The molecule has 2 N–H and O–H groups in total. The van der Waals surface area contributed by atoms with Crippen LogP contribution in [-0.4, -0.2) is 34.4 Å². The fourth-order valence-corrected chi connectivity index (χ4v) is 2.46. The lowest BCUT2D eigenvalue weighted by Crippen LogP contribution is -2.15. The summed E-state index contributed by atoms with van der Waals surface area (Å²) in [6.45, 7) is 0. The Bertz CT molecular complexity index is 960. The van der Waals surface area contributed by atoms with Crippen LogP contribution < -0.4 is 10.3 Å². The van der Waals surface area contributed by atoms with Crippen molar-refractivity contribution in [3.63, 3.8) is 0 Å². The summed E-state index contributed by atoms with van der Waals surface area (Å²) < 4.78 is 26.2. The predicted molar refractivity (Wildman–Crippen MR) is 78.0 cm³/mol. The number of nitrogens with one attached hydrogen (secondary N) is 2. The highest BCUT2D eigenvalue weighted by Crippen LogP contribution is 2.16. The van der Waals surface area contributed by atoms with E-state index in [0.29, 0.717) is 22.5 Å². The standard InChI is InChI=1S/C12H11N5O3S/c1-21(19,20)16-8-3-4-10-9(7-8)11(18)15-12(14-10)17-6-2-5-13-17/h2-7,16H,1H3,(H,14,15,18). The second-order valence-corrected chi connectivity index (χ2v) is 6.19. The second kappa shape index (κ2) is 4.70. The molecule has 0 aliphatic carbocycles. The highest BCUT2D eigenvalue weighted by Gasteiger charge is 2.08. The molecule has 0 radical (unpaired) electrons. The molecule has 0 aliphatic rings. The van der Waals surface area contributed by atoms with Crippen LogP contribution >= 0.6 is 0 Å². The number of fused-ring (bicyclic) bond motifs is 1. The number of rotatable bonds is 3. The van der Waals surface area contributed by atoms with Gasteiger partial charge < -0.3 is 0 Å². The number of nitrogens with zero attached hydrogens (tertiary/aromatic N) is 3. The third-order valence-electron chi connectivity index (χ3n) is 2.72. The van der Waals surface area contributed by atoms with Crippen molar-refractivity contribution < 1.29 is 8.42 Å². The third-order valence-corrected chi connectivity index (χ3v) is 3.32. The maximum atomic E-state index is 12.1. The van der Waals surface area contributed by atoms with Crippen molar-refractivity contribution in [2.45, 2.75) is 0 Å². The molecule has 0 amide bonds. The van der Waals surface area contributed by atoms with Crippen molar-refractivity contribution >= 4 is 26.6 Å². The molecule has 1 aromatic carbocycles. The van der Waals surface area contributed by atoms with Gasteiger partial charge in [-0.05, 0) is 24.3 Å². The Hall–Kier alpha value is -2.68. The summed E-state index contributed by atoms with van der Waals surface area (Å²) >= 11 is 0. The van der Waals surface area contributed by atoms with Crippen LogP contribution in [0.25, 0.3) is 16.9 Å². The van der Waals surface area contributed by atoms with Gasteiger partial charge >= 0.3 is 0 Å². The Morgan fingerprint density at radius 3 is 2.81 bits per heavy atom. The lowest BCUT2D eigenvalue weighted by Gasteiger charge is -2.06. The van der Waals surface area contributed by atoms with Gasteiger partial charge in [-0.1, -0.05) is 0 Å². The second-order valence-electron chi connectivity index (χ2n) is 4.45. The molecule has 0 saturated carbocycles. The van der Waals surface area contributed by atoms with E-state index in [9.17, 15) is 13.2 Å². The summed E-state index contributed by atoms with van der Waals surface area (Å²) in [6.07, 6.45) is 4.27. The van der Waals surface area contributed by atoms with Gasteiger partial charge in [-0.25, -0.2) is 18.1 Å². The van der Waals surface area contributed by atoms with Crippen molar-refractivity contribution in [1.82, 2.24) is 19.7 Å². The van der Waals surface area contributed by atoms with Crippen molar-refractivity contribution in [1.29, 1.82) is 0 Å². The van der Waals surface area contributed by atoms with Crippen LogP contribution in [0.4, 0.5) is 5.69 Å². The van der Waals surface area contributed by atoms with Gasteiger partial charge in [0.2, 0.25) is 16.0 Å². The zero-order valence-corrected chi connectivity index (χ0v) is 11.8. The summed E-state index contributed by atoms with van der Waals surface area (Å²) in [7, 11) is -3.40. The Balaban J connectivity index is 2.14. The minimum atomic E-state index is -3.40. The first-order chi connectivity index (χ1) is 9.92. The summed E-state index contributed by atoms with van der Waals surface area (Å²) in [4.78, 5) is 19.0. The quantitative estimate of drug-likeness (QED) is 0.731. The van der Waals surface area contributed by atoms with Crippen molar-refractivity contribution in [2.24, 2.45) is 0 Å². The van der Waals surface area contributed by atoms with Crippen LogP contribution in [0.3, 0.4) is 0 Å². The molecule has 0 unspecified atom stereocenters. The van der Waals surface area contributed by atoms with E-state index in [-0.39, 0.29) is 5.56 Å². The molecule has 3 rings (SSSR count). The molecule has 8 nitrogen and oxygen atoms in total. The minimum absolute atomic E-state index is 0.291. The molecule has 108 valence electrons. The first-order valence-corrected chi connectivity index (χ1v) is 7.83. The molecule has 0 fully saturated rings. The van der Waals surface area contributed by atoms with Gasteiger partial charge in [-0.2, -0.15) is 5.10 Å². The highest BCUT2D eigenvalue weighted by molar-refractivity contribution is 7.92. The van der Waals surface area contributed by atoms with Gasteiger partial charge in [-0.3, -0.25) is 14.5 Å². The summed E-state index contributed by atoms with van der Waals surface area (Å²) in [5.41, 5.74) is 0.384. The van der Waals surface area contributed by atoms with Crippen LogP contribution in [0.5, 0.6) is 0 Å². The molecule has 0 atom stereocenters. The Morgan fingerprint density at radius 1 is 1.33 bits per heavy atom. The fourth-order valence-electron chi connectivity index (χ4n) is 1.91. The van der Waals surface area contributed by atoms with E-state index < -0.39 is 10.0 Å². The molecule has 0 saturated heterocycles. The van der Waals surface area contributed by atoms with Gasteiger partial charge in [0.15, 0.2) is 0 Å². The number of H-pyrrole nitrogens is 1. The average molecular weight is 305 g/mol. The molecule has 3 aromatic rings. The maximum Gasteiger partial charge on any atom is 0.260 e. The lowest BCUT2D eigenvalue weighted by atomic mass is 10.2. The van der Waals surface area contributed by atoms with E-state index in [1.54, 1.807) is 30.6 Å². The van der Waals surface area contributed by atoms with E-state index in [2.05, 4.69) is 19.8 Å². The van der Waals surface area contributed by atoms with Crippen molar-refractivity contribution in [3.8, 4) is 5.95 Å². The molecule has 0 aliphatic heterocycles. The Kier molecular flexibility index (Phi) is 2.98. The van der Waals surface area contributed by atoms with E-state index in [4.69, 9.17) is 0 Å². The average Bonchev–Trinajstić information content (AvgIpc) is 2.91. The first-order valence-electron chi connectivity index (χ1n) is 5.94. The summed E-state index contributed by atoms with van der Waals surface area (Å²) in [5, 5.41) is 4.28. The zero-order valence-electron chi connectivity index (χ0n) is 10.9. The van der Waals surface area contributed by atoms with E-state index in [1.165, 1.54) is 10.7 Å². The SMILES string of the molecule is CS(=O)(=O)Nc1ccc2nc(-n3cccn3)[nH]c(=O)c2c1. The summed E-state index contributed by atoms with van der Waals surface area (Å²) in [5.74, 6) is 0.293. The van der Waals surface area contributed by atoms with Crippen LogP contribution in [-0.2, 0) is 10.0 Å². The maximum absolute atomic E-state index is 12.1. The first kappa shape index (κ1) is 13.3. The van der Waals surface area contributed by atoms with Crippen LogP contribution in [0, 0.1) is 0 Å². The number of sulfonamides is 1. The molecule has 2 aromatic heterocycles. The third kappa shape index (κ3) is 2.77. The molecular formula is C12H11N5O3S. The van der Waals surface area contributed by atoms with Gasteiger partial charge in [0.1, 0.15) is 0 Å². The van der Waals surface area contributed by atoms with Gasteiger partial charge in [0.05, 0.1) is 17.2 Å². The normalized spacial score (nSPS) is 11.7. The number of hydrogen-bond donors (Lipinski definition) is 2. The van der Waals surface area contributed by atoms with E-state index in [0.717, 1.165) is 6.26 Å². The van der Waals surface area contributed by atoms with Crippen LogP contribution in [0.2, 0.25) is 0 Å². The van der Waals surface area contributed by atoms with Gasteiger partial charge in [0.25, 0.3) is 5.56 Å².